The molecule has 110 valence electrons. The van der Waals surface area contributed by atoms with Crippen LogP contribution in [0.4, 0.5) is 0 Å². The van der Waals surface area contributed by atoms with Crippen LogP contribution in [0, 0.1) is 0 Å². The van der Waals surface area contributed by atoms with Crippen molar-refractivity contribution in [1.82, 2.24) is 4.90 Å². The Hall–Kier alpha value is -1.85. The Balaban J connectivity index is 2.86. The van der Waals surface area contributed by atoms with E-state index < -0.39 is 6.04 Å². The predicted molar refractivity (Wildman–Crippen MR) is 78.3 cm³/mol. The highest BCUT2D eigenvalue weighted by Crippen LogP contribution is 2.19. The molecule has 3 N–H and O–H groups in total. The number of hydrogen-bond donors (Lipinski definition) is 2. The first-order chi connectivity index (χ1) is 9.63. The van der Waals surface area contributed by atoms with Gasteiger partial charge in [0, 0.05) is 18.7 Å². The minimum atomic E-state index is -0.631. The summed E-state index contributed by atoms with van der Waals surface area (Å²) in [7, 11) is 1.58. The number of nitrogens with zero attached hydrogens (tertiary/aromatic N) is 1. The van der Waals surface area contributed by atoms with Gasteiger partial charge in [0.15, 0.2) is 0 Å². The van der Waals surface area contributed by atoms with Crippen molar-refractivity contribution >= 4 is 5.91 Å². The smallest absolute Gasteiger partial charge is 0.240 e. The summed E-state index contributed by atoms with van der Waals surface area (Å²) in [4.78, 5) is 13.8. The molecule has 1 amide bonds. The lowest BCUT2D eigenvalue weighted by Crippen LogP contribution is -2.44. The van der Waals surface area contributed by atoms with E-state index in [1.54, 1.807) is 13.2 Å². The standard InChI is InChI=1S/C15H22N2O3/c1-3-6-13(16)15(19)17(9-10-18)11-12-7-4-5-8-14(12)20-2/h3-5,7-8,13,18H,1,6,9-11,16H2,2H3. The molecule has 0 aliphatic carbocycles. The van der Waals surface area contributed by atoms with E-state index in [1.165, 1.54) is 4.90 Å². The zero-order chi connectivity index (χ0) is 15.0. The topological polar surface area (TPSA) is 75.8 Å². The highest BCUT2D eigenvalue weighted by Gasteiger charge is 2.20. The molecule has 0 aliphatic heterocycles. The third kappa shape index (κ3) is 4.36. The Bertz CT molecular complexity index is 448. The number of para-hydroxylation sites is 1. The van der Waals surface area contributed by atoms with Crippen LogP contribution in [-0.4, -0.2) is 42.2 Å². The molecule has 0 aromatic heterocycles. The fourth-order valence-corrected chi connectivity index (χ4v) is 1.94. The molecule has 0 saturated heterocycles. The number of nitrogens with two attached hydrogens (primary N) is 1. The summed E-state index contributed by atoms with van der Waals surface area (Å²) in [6.45, 7) is 4.06. The summed E-state index contributed by atoms with van der Waals surface area (Å²) in [5, 5.41) is 9.12. The predicted octanol–water partition coefficient (Wildman–Crippen LogP) is 0.919. The molecule has 1 unspecified atom stereocenters. The molecule has 0 spiro atoms. The lowest BCUT2D eigenvalue weighted by molar-refractivity contribution is -0.133. The second-order valence-electron chi connectivity index (χ2n) is 4.43. The van der Waals surface area contributed by atoms with Crippen LogP contribution in [-0.2, 0) is 11.3 Å². The minimum absolute atomic E-state index is 0.109. The fourth-order valence-electron chi connectivity index (χ4n) is 1.94. The van der Waals surface area contributed by atoms with Gasteiger partial charge in [-0.3, -0.25) is 4.79 Å². The first kappa shape index (κ1) is 16.2. The second kappa shape index (κ2) is 8.35. The lowest BCUT2D eigenvalue weighted by atomic mass is 10.1. The SMILES string of the molecule is C=CCC(N)C(=O)N(CCO)Cc1ccccc1OC. The van der Waals surface area contributed by atoms with Crippen LogP contribution in [0.5, 0.6) is 5.75 Å². The number of rotatable bonds is 8. The number of ether oxygens (including phenoxy) is 1. The normalized spacial score (nSPS) is 11.8. The van der Waals surface area contributed by atoms with Gasteiger partial charge in [0.2, 0.25) is 5.91 Å². The zero-order valence-electron chi connectivity index (χ0n) is 11.8. The molecule has 1 rings (SSSR count). The van der Waals surface area contributed by atoms with Crippen LogP contribution in [0.1, 0.15) is 12.0 Å². The fraction of sp³-hybridized carbons (Fsp3) is 0.400. The Kier molecular flexibility index (Phi) is 6.76. The van der Waals surface area contributed by atoms with Crippen molar-refractivity contribution in [3.8, 4) is 5.75 Å². The average Bonchev–Trinajstić information content (AvgIpc) is 2.46. The van der Waals surface area contributed by atoms with Crippen LogP contribution in [0.2, 0.25) is 0 Å². The average molecular weight is 278 g/mol. The highest BCUT2D eigenvalue weighted by atomic mass is 16.5. The molecule has 0 radical (unpaired) electrons. The molecule has 0 saturated carbocycles. The number of aliphatic hydroxyl groups excluding tert-OH is 1. The molecule has 5 nitrogen and oxygen atoms in total. The Morgan fingerprint density at radius 1 is 1.55 bits per heavy atom. The van der Waals surface area contributed by atoms with Gasteiger partial charge in [-0.05, 0) is 12.5 Å². The van der Waals surface area contributed by atoms with Crippen molar-refractivity contribution in [2.24, 2.45) is 5.73 Å². The molecular formula is C15H22N2O3. The van der Waals surface area contributed by atoms with Gasteiger partial charge in [-0.1, -0.05) is 24.3 Å². The van der Waals surface area contributed by atoms with Gasteiger partial charge < -0.3 is 20.5 Å². The van der Waals surface area contributed by atoms with E-state index in [1.807, 2.05) is 24.3 Å². The van der Waals surface area contributed by atoms with Gasteiger partial charge >= 0.3 is 0 Å². The van der Waals surface area contributed by atoms with Crippen molar-refractivity contribution in [3.05, 3.63) is 42.5 Å². The first-order valence-corrected chi connectivity index (χ1v) is 6.52. The van der Waals surface area contributed by atoms with E-state index in [0.29, 0.717) is 18.7 Å². The van der Waals surface area contributed by atoms with Crippen LogP contribution < -0.4 is 10.5 Å². The van der Waals surface area contributed by atoms with Crippen molar-refractivity contribution in [2.75, 3.05) is 20.3 Å². The quantitative estimate of drug-likeness (QED) is 0.693. The number of amides is 1. The molecule has 1 atom stereocenters. The maximum Gasteiger partial charge on any atom is 0.240 e. The number of benzene rings is 1. The summed E-state index contributed by atoms with van der Waals surface area (Å²) < 4.78 is 5.26. The summed E-state index contributed by atoms with van der Waals surface area (Å²) in [5.41, 5.74) is 6.69. The van der Waals surface area contributed by atoms with Crippen molar-refractivity contribution in [1.29, 1.82) is 0 Å². The molecule has 0 heterocycles. The Labute approximate surface area is 119 Å². The number of aliphatic hydroxyl groups is 1. The summed E-state index contributed by atoms with van der Waals surface area (Å²) in [6.07, 6.45) is 2.02. The third-order valence-electron chi connectivity index (χ3n) is 2.97. The van der Waals surface area contributed by atoms with Gasteiger partial charge in [-0.2, -0.15) is 0 Å². The van der Waals surface area contributed by atoms with Gasteiger partial charge in [0.1, 0.15) is 5.75 Å². The molecule has 0 bridgehead atoms. The van der Waals surface area contributed by atoms with E-state index in [-0.39, 0.29) is 19.1 Å². The molecule has 20 heavy (non-hydrogen) atoms. The molecule has 5 heteroatoms. The summed E-state index contributed by atoms with van der Waals surface area (Å²) >= 11 is 0. The van der Waals surface area contributed by atoms with Crippen molar-refractivity contribution < 1.29 is 14.6 Å². The van der Waals surface area contributed by atoms with Gasteiger partial charge in [-0.15, -0.1) is 6.58 Å². The summed E-state index contributed by atoms with van der Waals surface area (Å²) in [6, 6.07) is 6.83. The van der Waals surface area contributed by atoms with Gasteiger partial charge in [-0.25, -0.2) is 0 Å². The van der Waals surface area contributed by atoms with Crippen molar-refractivity contribution in [2.45, 2.75) is 19.0 Å². The van der Waals surface area contributed by atoms with Crippen LogP contribution in [0.15, 0.2) is 36.9 Å². The minimum Gasteiger partial charge on any atom is -0.496 e. The largest absolute Gasteiger partial charge is 0.496 e. The van der Waals surface area contributed by atoms with Crippen LogP contribution in [0.25, 0.3) is 0 Å². The van der Waals surface area contributed by atoms with Crippen LogP contribution >= 0.6 is 0 Å². The summed E-state index contributed by atoms with van der Waals surface area (Å²) in [5.74, 6) is 0.505. The van der Waals surface area contributed by atoms with Crippen LogP contribution in [0.3, 0.4) is 0 Å². The van der Waals surface area contributed by atoms with Gasteiger partial charge in [0.25, 0.3) is 0 Å². The maximum atomic E-state index is 12.2. The monoisotopic (exact) mass is 278 g/mol. The zero-order valence-corrected chi connectivity index (χ0v) is 11.8. The van der Waals surface area contributed by atoms with E-state index in [2.05, 4.69) is 6.58 Å². The molecule has 0 fully saturated rings. The Morgan fingerprint density at radius 3 is 2.85 bits per heavy atom. The highest BCUT2D eigenvalue weighted by molar-refractivity contribution is 5.81. The number of carbonyl (C=O) groups is 1. The maximum absolute atomic E-state index is 12.2. The van der Waals surface area contributed by atoms with Crippen molar-refractivity contribution in [3.63, 3.8) is 0 Å². The lowest BCUT2D eigenvalue weighted by Gasteiger charge is -2.25. The molecular weight excluding hydrogens is 256 g/mol. The number of carbonyl (C=O) groups excluding carboxylic acids is 1. The molecule has 0 aliphatic rings. The van der Waals surface area contributed by atoms with E-state index >= 15 is 0 Å². The van der Waals surface area contributed by atoms with Gasteiger partial charge in [0.05, 0.1) is 19.8 Å². The molecule has 1 aromatic rings. The number of hydrogen-bond acceptors (Lipinski definition) is 4. The second-order valence-corrected chi connectivity index (χ2v) is 4.43. The molecule has 1 aromatic carbocycles. The first-order valence-electron chi connectivity index (χ1n) is 6.52. The Morgan fingerprint density at radius 2 is 2.25 bits per heavy atom. The van der Waals surface area contributed by atoms with E-state index in [9.17, 15) is 4.79 Å². The van der Waals surface area contributed by atoms with E-state index in [0.717, 1.165) is 5.56 Å². The number of methoxy groups -OCH3 is 1. The third-order valence-corrected chi connectivity index (χ3v) is 2.97. The van der Waals surface area contributed by atoms with E-state index in [4.69, 9.17) is 15.6 Å².